The number of nitrogens with one attached hydrogen (secondary N) is 1. The molecule has 192 valence electrons. The number of amides is 2. The number of carbonyl (C=O) groups excluding carboxylic acids is 2. The van der Waals surface area contributed by atoms with Gasteiger partial charge >= 0.3 is 0 Å². The molecule has 0 fully saturated rings. The Morgan fingerprint density at radius 1 is 0.974 bits per heavy atom. The Hall–Kier alpha value is -4.50. The first-order chi connectivity index (χ1) is 18.6. The summed E-state index contributed by atoms with van der Waals surface area (Å²) >= 11 is 0. The molecule has 3 aromatic rings. The van der Waals surface area contributed by atoms with Gasteiger partial charge < -0.3 is 16.0 Å². The van der Waals surface area contributed by atoms with Crippen molar-refractivity contribution >= 4 is 29.1 Å². The van der Waals surface area contributed by atoms with Gasteiger partial charge in [0.05, 0.1) is 30.0 Å². The van der Waals surface area contributed by atoms with E-state index in [1.54, 1.807) is 29.4 Å². The van der Waals surface area contributed by atoms with E-state index >= 15 is 0 Å². The molecule has 0 spiro atoms. The molecule has 38 heavy (non-hydrogen) atoms. The van der Waals surface area contributed by atoms with Crippen molar-refractivity contribution in [3.63, 3.8) is 0 Å². The van der Waals surface area contributed by atoms with Crippen molar-refractivity contribution in [1.82, 2.24) is 19.7 Å². The molecular formula is C29H29N7O2. The molecule has 9 heteroatoms. The van der Waals surface area contributed by atoms with E-state index in [0.717, 1.165) is 47.9 Å². The number of benzene rings is 2. The zero-order valence-corrected chi connectivity index (χ0v) is 21.0. The lowest BCUT2D eigenvalue weighted by Gasteiger charge is -2.42. The Labute approximate surface area is 221 Å². The number of aromatic nitrogens is 1. The predicted molar refractivity (Wildman–Crippen MR) is 146 cm³/mol. The quantitative estimate of drug-likeness (QED) is 0.497. The van der Waals surface area contributed by atoms with E-state index < -0.39 is 0 Å². The Kier molecular flexibility index (Phi) is 6.35. The molecule has 0 unspecified atom stereocenters. The Bertz CT molecular complexity index is 1430. The summed E-state index contributed by atoms with van der Waals surface area (Å²) < 4.78 is 0. The summed E-state index contributed by atoms with van der Waals surface area (Å²) in [5.41, 5.74) is 11.7. The summed E-state index contributed by atoms with van der Waals surface area (Å²) in [5.74, 6) is 0.585. The summed E-state index contributed by atoms with van der Waals surface area (Å²) in [6.45, 7) is 4.09. The first kappa shape index (κ1) is 23.9. The highest BCUT2D eigenvalue weighted by Crippen LogP contribution is 2.32. The van der Waals surface area contributed by atoms with Crippen molar-refractivity contribution in [3.05, 3.63) is 101 Å². The minimum absolute atomic E-state index is 0.0256. The molecule has 0 saturated carbocycles. The fraction of sp³-hybridized carbons (Fsp3) is 0.241. The molecule has 0 radical (unpaired) electrons. The molecule has 6 rings (SSSR count). The number of pyridine rings is 1. The normalized spacial score (nSPS) is 17.3. The van der Waals surface area contributed by atoms with Crippen molar-refractivity contribution in [2.24, 2.45) is 4.99 Å². The van der Waals surface area contributed by atoms with Crippen LogP contribution in [0.2, 0.25) is 0 Å². The number of fused-ring (bicyclic) bond motifs is 2. The lowest BCUT2D eigenvalue weighted by atomic mass is 10.00. The average Bonchev–Trinajstić information content (AvgIpc) is 3.43. The topological polar surface area (TPSA) is 107 Å². The molecule has 9 nitrogen and oxygen atoms in total. The zero-order valence-electron chi connectivity index (χ0n) is 21.0. The summed E-state index contributed by atoms with van der Waals surface area (Å²) in [6, 6.07) is 18.7. The fourth-order valence-electron chi connectivity index (χ4n) is 5.25. The maximum Gasteiger partial charge on any atom is 0.259 e. The average molecular weight is 508 g/mol. The van der Waals surface area contributed by atoms with Crippen LogP contribution in [0.5, 0.6) is 0 Å². The third-order valence-electron chi connectivity index (χ3n) is 7.18. The highest BCUT2D eigenvalue weighted by molar-refractivity contribution is 6.10. The largest absolute Gasteiger partial charge is 0.397 e. The molecule has 0 saturated heterocycles. The molecule has 2 aromatic carbocycles. The van der Waals surface area contributed by atoms with Gasteiger partial charge in [0.15, 0.2) is 0 Å². The SMILES string of the molecule is Nc1ccccc1NC(=O)c1ccc(CN2CCC3=C(C2)C(=O)N(Cc2cccnc2)C2=NCCN23)cc1. The van der Waals surface area contributed by atoms with Crippen molar-refractivity contribution < 1.29 is 9.59 Å². The Morgan fingerprint density at radius 2 is 1.82 bits per heavy atom. The van der Waals surface area contributed by atoms with Crippen LogP contribution in [0.3, 0.4) is 0 Å². The molecule has 4 heterocycles. The van der Waals surface area contributed by atoms with Gasteiger partial charge in [0.1, 0.15) is 0 Å². The first-order valence-corrected chi connectivity index (χ1v) is 12.8. The van der Waals surface area contributed by atoms with E-state index in [1.165, 1.54) is 0 Å². The van der Waals surface area contributed by atoms with Crippen LogP contribution in [0.15, 0.2) is 89.3 Å². The predicted octanol–water partition coefficient (Wildman–Crippen LogP) is 3.09. The summed E-state index contributed by atoms with van der Waals surface area (Å²) in [5, 5.41) is 2.86. The van der Waals surface area contributed by atoms with Crippen LogP contribution in [0, 0.1) is 0 Å². The molecule has 3 aliphatic heterocycles. The molecule has 0 aliphatic carbocycles. The maximum atomic E-state index is 13.7. The Balaban J connectivity index is 1.14. The standard InChI is InChI=1S/C29H29N7O2/c30-24-5-1-2-6-25(24)33-27(37)22-9-7-20(8-10-22)17-34-14-11-26-23(19-34)28(38)36(29-32-13-15-35(26)29)18-21-4-3-12-31-16-21/h1-10,12,16H,11,13-15,17-19,30H2,(H,33,37). The number of nitrogens with zero attached hydrogens (tertiary/aromatic N) is 5. The van der Waals surface area contributed by atoms with Gasteiger partial charge in [0.2, 0.25) is 5.96 Å². The van der Waals surface area contributed by atoms with Gasteiger partial charge in [0.25, 0.3) is 11.8 Å². The number of hydrogen-bond donors (Lipinski definition) is 2. The van der Waals surface area contributed by atoms with Gasteiger partial charge in [-0.3, -0.25) is 29.4 Å². The lowest BCUT2D eigenvalue weighted by Crippen LogP contribution is -2.53. The van der Waals surface area contributed by atoms with Crippen molar-refractivity contribution in [2.45, 2.75) is 19.5 Å². The second-order valence-corrected chi connectivity index (χ2v) is 9.71. The van der Waals surface area contributed by atoms with E-state index in [4.69, 9.17) is 5.73 Å². The maximum absolute atomic E-state index is 13.7. The first-order valence-electron chi connectivity index (χ1n) is 12.8. The smallest absolute Gasteiger partial charge is 0.259 e. The summed E-state index contributed by atoms with van der Waals surface area (Å²) in [7, 11) is 0. The number of aliphatic imine (C=N–C) groups is 1. The number of guanidine groups is 1. The number of nitrogens with two attached hydrogens (primary N) is 1. The monoisotopic (exact) mass is 507 g/mol. The molecular weight excluding hydrogens is 478 g/mol. The molecule has 3 N–H and O–H groups in total. The third kappa shape index (κ3) is 4.64. The fourth-order valence-corrected chi connectivity index (χ4v) is 5.25. The van der Waals surface area contributed by atoms with Crippen molar-refractivity contribution in [3.8, 4) is 0 Å². The number of carbonyl (C=O) groups is 2. The number of para-hydroxylation sites is 2. The number of hydrogen-bond acceptors (Lipinski definition) is 7. The van der Waals surface area contributed by atoms with Crippen molar-refractivity contribution in [1.29, 1.82) is 0 Å². The molecule has 3 aliphatic rings. The van der Waals surface area contributed by atoms with Crippen LogP contribution in [-0.4, -0.2) is 63.6 Å². The van der Waals surface area contributed by atoms with Crippen LogP contribution >= 0.6 is 0 Å². The minimum atomic E-state index is -0.202. The zero-order chi connectivity index (χ0) is 26.1. The van der Waals surface area contributed by atoms with Gasteiger partial charge in [-0.05, 0) is 41.5 Å². The molecule has 0 atom stereocenters. The number of anilines is 2. The summed E-state index contributed by atoms with van der Waals surface area (Å²) in [6.07, 6.45) is 4.33. The second kappa shape index (κ2) is 10.1. The molecule has 1 aromatic heterocycles. The van der Waals surface area contributed by atoms with E-state index in [-0.39, 0.29) is 11.8 Å². The van der Waals surface area contributed by atoms with Crippen LogP contribution in [0.1, 0.15) is 27.9 Å². The van der Waals surface area contributed by atoms with Crippen molar-refractivity contribution in [2.75, 3.05) is 37.2 Å². The number of nitrogen functional groups attached to an aromatic ring is 1. The van der Waals surface area contributed by atoms with E-state index in [0.29, 0.717) is 43.1 Å². The highest BCUT2D eigenvalue weighted by atomic mass is 16.2. The number of rotatable bonds is 6. The van der Waals surface area contributed by atoms with Gasteiger partial charge in [0, 0.05) is 56.3 Å². The van der Waals surface area contributed by atoms with Crippen LogP contribution < -0.4 is 11.1 Å². The second-order valence-electron chi connectivity index (χ2n) is 9.71. The van der Waals surface area contributed by atoms with E-state index in [1.807, 2.05) is 48.5 Å². The van der Waals surface area contributed by atoms with Crippen LogP contribution in [-0.2, 0) is 17.9 Å². The van der Waals surface area contributed by atoms with Gasteiger partial charge in [-0.15, -0.1) is 0 Å². The molecule has 0 bridgehead atoms. The minimum Gasteiger partial charge on any atom is -0.397 e. The van der Waals surface area contributed by atoms with E-state index in [9.17, 15) is 9.59 Å². The van der Waals surface area contributed by atoms with Gasteiger partial charge in [-0.25, -0.2) is 0 Å². The van der Waals surface area contributed by atoms with Crippen LogP contribution in [0.4, 0.5) is 11.4 Å². The van der Waals surface area contributed by atoms with Gasteiger partial charge in [-0.2, -0.15) is 0 Å². The van der Waals surface area contributed by atoms with Crippen LogP contribution in [0.25, 0.3) is 0 Å². The molecule has 2 amide bonds. The summed E-state index contributed by atoms with van der Waals surface area (Å²) in [4.78, 5) is 41.5. The van der Waals surface area contributed by atoms with Gasteiger partial charge in [-0.1, -0.05) is 30.3 Å². The lowest BCUT2D eigenvalue weighted by molar-refractivity contribution is -0.125. The Morgan fingerprint density at radius 3 is 2.61 bits per heavy atom. The third-order valence-corrected chi connectivity index (χ3v) is 7.18. The highest BCUT2D eigenvalue weighted by Gasteiger charge is 2.40. The van der Waals surface area contributed by atoms with E-state index in [2.05, 4.69) is 25.1 Å².